The Hall–Kier alpha value is -1.44. The van der Waals surface area contributed by atoms with Crippen molar-refractivity contribution in [1.29, 1.82) is 0 Å². The van der Waals surface area contributed by atoms with Gasteiger partial charge in [0, 0.05) is 23.4 Å². The van der Waals surface area contributed by atoms with E-state index in [1.807, 2.05) is 0 Å². The van der Waals surface area contributed by atoms with Crippen molar-refractivity contribution in [2.24, 2.45) is 0 Å². The highest BCUT2D eigenvalue weighted by Crippen LogP contribution is 2.43. The van der Waals surface area contributed by atoms with Crippen LogP contribution < -0.4 is 0 Å². The third-order valence-electron chi connectivity index (χ3n) is 2.16. The van der Waals surface area contributed by atoms with Gasteiger partial charge in [-0.3, -0.25) is 19.9 Å². The molecule has 2 heterocycles. The van der Waals surface area contributed by atoms with Crippen molar-refractivity contribution in [1.82, 2.24) is 4.98 Å². The number of carbonyl (C=O) groups is 1. The van der Waals surface area contributed by atoms with E-state index < -0.39 is 4.92 Å². The molecule has 0 radical (unpaired) electrons. The summed E-state index contributed by atoms with van der Waals surface area (Å²) in [5.41, 5.74) is -0.0759. The summed E-state index contributed by atoms with van der Waals surface area (Å²) in [7, 11) is 0. The fraction of sp³-hybridized carbons (Fsp3) is 0.0909. The zero-order valence-corrected chi connectivity index (χ0v) is 12.0. The summed E-state index contributed by atoms with van der Waals surface area (Å²) in [6.45, 7) is 1.38. The average Bonchev–Trinajstić information content (AvgIpc) is 2.76. The molecule has 2 rings (SSSR count). The Labute approximate surface area is 121 Å². The monoisotopic (exact) mass is 314 g/mol. The molecule has 2 aromatic rings. The van der Waals surface area contributed by atoms with E-state index in [4.69, 9.17) is 11.6 Å². The second kappa shape index (κ2) is 5.68. The number of hydrogen-bond acceptors (Lipinski definition) is 6. The number of Topliss-reactive ketones (excluding diaryl/α,β-unsaturated/α-hetero) is 1. The third-order valence-corrected chi connectivity index (χ3v) is 5.06. The molecular weight excluding hydrogens is 308 g/mol. The number of carbonyl (C=O) groups excluding carboxylic acids is 1. The van der Waals surface area contributed by atoms with Crippen molar-refractivity contribution < 1.29 is 9.72 Å². The molecule has 19 heavy (non-hydrogen) atoms. The summed E-state index contributed by atoms with van der Waals surface area (Å²) < 4.78 is 0.434. The molecule has 0 fully saturated rings. The molecule has 0 aliphatic rings. The van der Waals surface area contributed by atoms with Gasteiger partial charge in [-0.2, -0.15) is 0 Å². The zero-order valence-electron chi connectivity index (χ0n) is 9.62. The summed E-state index contributed by atoms with van der Waals surface area (Å²) in [6.07, 6.45) is 3.02. The minimum Gasteiger partial charge on any atom is -0.294 e. The van der Waals surface area contributed by atoms with Crippen molar-refractivity contribution in [2.75, 3.05) is 0 Å². The van der Waals surface area contributed by atoms with Gasteiger partial charge in [-0.1, -0.05) is 23.4 Å². The maximum atomic E-state index is 11.3. The van der Waals surface area contributed by atoms with E-state index in [-0.39, 0.29) is 11.5 Å². The van der Waals surface area contributed by atoms with E-state index in [0.717, 1.165) is 23.1 Å². The van der Waals surface area contributed by atoms with Gasteiger partial charge >= 0.3 is 0 Å². The quantitative estimate of drug-likeness (QED) is 0.483. The highest BCUT2D eigenvalue weighted by atomic mass is 35.5. The molecule has 0 bridgehead atoms. The number of rotatable bonds is 4. The van der Waals surface area contributed by atoms with Crippen LogP contribution in [0.4, 0.5) is 5.69 Å². The van der Waals surface area contributed by atoms with Gasteiger partial charge in [-0.15, -0.1) is 11.3 Å². The molecule has 0 saturated heterocycles. The molecule has 5 nitrogen and oxygen atoms in total. The van der Waals surface area contributed by atoms with Gasteiger partial charge in [0.05, 0.1) is 14.8 Å². The van der Waals surface area contributed by atoms with Gasteiger partial charge in [0.15, 0.2) is 5.78 Å². The molecule has 0 unspecified atom stereocenters. The Morgan fingerprint density at radius 2 is 2.32 bits per heavy atom. The Balaban J connectivity index is 2.42. The molecule has 0 atom stereocenters. The van der Waals surface area contributed by atoms with Gasteiger partial charge < -0.3 is 0 Å². The largest absolute Gasteiger partial charge is 0.294 e. The van der Waals surface area contributed by atoms with Crippen LogP contribution in [0.15, 0.2) is 33.6 Å². The molecule has 0 aliphatic carbocycles. The van der Waals surface area contributed by atoms with Gasteiger partial charge in [0.1, 0.15) is 4.21 Å². The van der Waals surface area contributed by atoms with Crippen molar-refractivity contribution in [3.8, 4) is 0 Å². The van der Waals surface area contributed by atoms with Crippen LogP contribution in [0.5, 0.6) is 0 Å². The molecule has 2 aromatic heterocycles. The van der Waals surface area contributed by atoms with Gasteiger partial charge in [0.2, 0.25) is 0 Å². The highest BCUT2D eigenvalue weighted by molar-refractivity contribution is 8.01. The molecule has 0 saturated carbocycles. The lowest BCUT2D eigenvalue weighted by atomic mass is 10.3. The lowest BCUT2D eigenvalue weighted by Crippen LogP contribution is -1.88. The van der Waals surface area contributed by atoms with Crippen LogP contribution in [0.3, 0.4) is 0 Å². The van der Waals surface area contributed by atoms with Gasteiger partial charge in [0.25, 0.3) is 5.69 Å². The maximum Gasteiger partial charge on any atom is 0.294 e. The number of aromatic nitrogens is 1. The second-order valence-corrected chi connectivity index (χ2v) is 6.27. The predicted molar refractivity (Wildman–Crippen MR) is 74.3 cm³/mol. The van der Waals surface area contributed by atoms with Crippen molar-refractivity contribution in [3.63, 3.8) is 0 Å². The molecule has 0 aliphatic heterocycles. The summed E-state index contributed by atoms with van der Waals surface area (Å²) >= 11 is 8.21. The number of halogens is 1. The van der Waals surface area contributed by atoms with Crippen LogP contribution >= 0.6 is 34.7 Å². The maximum absolute atomic E-state index is 11.3. The molecule has 0 amide bonds. The number of hydrogen-bond donors (Lipinski definition) is 0. The SMILES string of the molecule is CC(=O)c1cc([N+](=O)[O-])c(Sc2ccncc2Cl)s1. The first-order valence-electron chi connectivity index (χ1n) is 5.05. The smallest absolute Gasteiger partial charge is 0.294 e. The standard InChI is InChI=1S/C11H7ClN2O3S2/c1-6(15)10-4-8(14(16)17)11(19-10)18-9-2-3-13-5-7(9)12/h2-5H,1H3. The third kappa shape index (κ3) is 3.12. The molecule has 0 N–H and O–H groups in total. The van der Waals surface area contributed by atoms with E-state index >= 15 is 0 Å². The Morgan fingerprint density at radius 3 is 2.89 bits per heavy atom. The molecule has 0 spiro atoms. The lowest BCUT2D eigenvalue weighted by molar-refractivity contribution is -0.387. The molecule has 98 valence electrons. The number of ketones is 1. The number of nitro groups is 1. The van der Waals surface area contributed by atoms with E-state index in [0.29, 0.717) is 19.0 Å². The number of thiophene rings is 1. The Bertz CT molecular complexity index is 657. The fourth-order valence-electron chi connectivity index (χ4n) is 1.28. The highest BCUT2D eigenvalue weighted by Gasteiger charge is 2.22. The number of nitrogens with zero attached hydrogens (tertiary/aromatic N) is 2. The van der Waals surface area contributed by atoms with Crippen molar-refractivity contribution >= 4 is 46.2 Å². The van der Waals surface area contributed by atoms with Crippen LogP contribution in [-0.2, 0) is 0 Å². The van der Waals surface area contributed by atoms with E-state index in [1.165, 1.54) is 19.2 Å². The summed E-state index contributed by atoms with van der Waals surface area (Å²) in [5, 5.41) is 11.4. The van der Waals surface area contributed by atoms with E-state index in [9.17, 15) is 14.9 Å². The first-order chi connectivity index (χ1) is 8.99. The predicted octanol–water partition coefficient (Wildman–Crippen LogP) is 4.06. The van der Waals surface area contributed by atoms with Crippen LogP contribution in [0.25, 0.3) is 0 Å². The normalized spacial score (nSPS) is 10.4. The topological polar surface area (TPSA) is 73.1 Å². The Morgan fingerprint density at radius 1 is 1.58 bits per heavy atom. The average molecular weight is 315 g/mol. The van der Waals surface area contributed by atoms with Crippen LogP contribution in [0.1, 0.15) is 16.6 Å². The zero-order chi connectivity index (χ0) is 14.0. The van der Waals surface area contributed by atoms with E-state index in [2.05, 4.69) is 4.98 Å². The van der Waals surface area contributed by atoms with Crippen LogP contribution in [0, 0.1) is 10.1 Å². The molecular formula is C11H7ClN2O3S2. The first kappa shape index (κ1) is 14.0. The van der Waals surface area contributed by atoms with Crippen LogP contribution in [0.2, 0.25) is 5.02 Å². The van der Waals surface area contributed by atoms with Gasteiger partial charge in [-0.25, -0.2) is 0 Å². The summed E-state index contributed by atoms with van der Waals surface area (Å²) in [6, 6.07) is 2.97. The molecule has 8 heteroatoms. The summed E-state index contributed by atoms with van der Waals surface area (Å²) in [4.78, 5) is 26.6. The van der Waals surface area contributed by atoms with Crippen LogP contribution in [-0.4, -0.2) is 15.7 Å². The number of pyridine rings is 1. The Kier molecular flexibility index (Phi) is 4.18. The van der Waals surface area contributed by atoms with Gasteiger partial charge in [-0.05, 0) is 13.0 Å². The minimum atomic E-state index is -0.500. The second-order valence-electron chi connectivity index (χ2n) is 3.50. The minimum absolute atomic E-state index is 0.0759. The van der Waals surface area contributed by atoms with Crippen molar-refractivity contribution in [3.05, 3.63) is 44.5 Å². The first-order valence-corrected chi connectivity index (χ1v) is 7.06. The summed E-state index contributed by atoms with van der Waals surface area (Å²) in [5.74, 6) is -0.194. The van der Waals surface area contributed by atoms with Crippen molar-refractivity contribution in [2.45, 2.75) is 16.0 Å². The lowest BCUT2D eigenvalue weighted by Gasteiger charge is -2.00. The van der Waals surface area contributed by atoms with E-state index in [1.54, 1.807) is 12.3 Å². The fourth-order valence-corrected chi connectivity index (χ4v) is 3.69. The molecule has 0 aromatic carbocycles.